The number of halogens is 2. The van der Waals surface area contributed by atoms with Crippen molar-refractivity contribution in [2.45, 2.75) is 6.10 Å². The first-order valence-electron chi connectivity index (χ1n) is 9.64. The van der Waals surface area contributed by atoms with Crippen LogP contribution in [0.1, 0.15) is 0 Å². The Bertz CT molecular complexity index is 948. The molecule has 30 heavy (non-hydrogen) atoms. The molecule has 7 nitrogen and oxygen atoms in total. The zero-order chi connectivity index (χ0) is 21.1. The summed E-state index contributed by atoms with van der Waals surface area (Å²) in [6.45, 7) is 2.20. The molecule has 2 aromatic carbocycles. The Morgan fingerprint density at radius 3 is 2.47 bits per heavy atom. The molecule has 1 fully saturated rings. The van der Waals surface area contributed by atoms with E-state index in [1.54, 1.807) is 17.0 Å². The Hall–Kier alpha value is -3.20. The number of piperazine rings is 1. The number of benzene rings is 2. The molecule has 1 saturated heterocycles. The lowest BCUT2D eigenvalue weighted by atomic mass is 10.2. The molecule has 0 bridgehead atoms. The zero-order valence-corrected chi connectivity index (χ0v) is 16.1. The van der Waals surface area contributed by atoms with E-state index >= 15 is 0 Å². The van der Waals surface area contributed by atoms with E-state index in [0.29, 0.717) is 37.7 Å². The molecule has 2 amide bonds. The molecule has 1 N–H and O–H groups in total. The number of carbonyl (C=O) groups excluding carboxylic acids is 2. The second-order valence-electron chi connectivity index (χ2n) is 7.14. The maximum Gasteiger partial charge on any atom is 0.267 e. The Kier molecular flexibility index (Phi) is 5.80. The van der Waals surface area contributed by atoms with Gasteiger partial charge in [0.25, 0.3) is 5.91 Å². The summed E-state index contributed by atoms with van der Waals surface area (Å²) < 4.78 is 37.6. The third kappa shape index (κ3) is 4.51. The first kappa shape index (κ1) is 20.1. The number of amides is 2. The number of hydrogen-bond acceptors (Lipinski definition) is 5. The van der Waals surface area contributed by atoms with Crippen LogP contribution in [-0.2, 0) is 9.59 Å². The number of nitrogens with zero attached hydrogens (tertiary/aromatic N) is 2. The Balaban J connectivity index is 1.25. The molecular formula is C21H21F2N3O4. The van der Waals surface area contributed by atoms with E-state index in [0.717, 1.165) is 12.1 Å². The molecule has 0 spiro atoms. The van der Waals surface area contributed by atoms with Gasteiger partial charge in [-0.2, -0.15) is 0 Å². The van der Waals surface area contributed by atoms with Crippen molar-refractivity contribution >= 4 is 17.5 Å². The minimum Gasteiger partial charge on any atom is -0.485 e. The van der Waals surface area contributed by atoms with Crippen molar-refractivity contribution in [2.75, 3.05) is 44.6 Å². The first-order valence-corrected chi connectivity index (χ1v) is 9.64. The molecule has 0 aliphatic carbocycles. The molecule has 2 aromatic rings. The minimum atomic E-state index is -1.02. The standard InChI is InChI=1S/C21H21F2N3O4/c22-15-6-5-14(11-16(15)23)24-20(27)12-25-7-9-26(10-8-25)21(28)19-13-29-17-3-1-2-4-18(17)30-19/h1-6,11,19H,7-10,12-13H2,(H,24,27)/t19-/m0/s1. The summed E-state index contributed by atoms with van der Waals surface area (Å²) >= 11 is 0. The van der Waals surface area contributed by atoms with Crippen LogP contribution in [0.15, 0.2) is 42.5 Å². The Morgan fingerprint density at radius 2 is 1.73 bits per heavy atom. The van der Waals surface area contributed by atoms with Gasteiger partial charge in [-0.05, 0) is 24.3 Å². The van der Waals surface area contributed by atoms with Gasteiger partial charge in [0.1, 0.15) is 6.61 Å². The zero-order valence-electron chi connectivity index (χ0n) is 16.1. The van der Waals surface area contributed by atoms with Crippen LogP contribution >= 0.6 is 0 Å². The van der Waals surface area contributed by atoms with E-state index in [2.05, 4.69) is 5.32 Å². The number of hydrogen-bond donors (Lipinski definition) is 1. The highest BCUT2D eigenvalue weighted by molar-refractivity contribution is 5.92. The number of anilines is 1. The number of nitrogens with one attached hydrogen (secondary N) is 1. The van der Waals surface area contributed by atoms with Gasteiger partial charge in [0.15, 0.2) is 23.1 Å². The highest BCUT2D eigenvalue weighted by Crippen LogP contribution is 2.31. The molecule has 0 aromatic heterocycles. The summed E-state index contributed by atoms with van der Waals surface area (Å²) in [6, 6.07) is 10.4. The first-order chi connectivity index (χ1) is 14.5. The van der Waals surface area contributed by atoms with Gasteiger partial charge in [0, 0.05) is 37.9 Å². The van der Waals surface area contributed by atoms with Crippen LogP contribution in [0.5, 0.6) is 11.5 Å². The van der Waals surface area contributed by atoms with E-state index in [1.165, 1.54) is 6.07 Å². The fourth-order valence-corrected chi connectivity index (χ4v) is 3.45. The van der Waals surface area contributed by atoms with E-state index in [-0.39, 0.29) is 30.7 Å². The SMILES string of the molecule is O=C(CN1CCN(C(=O)[C@@H]2COc3ccccc3O2)CC1)Nc1ccc(F)c(F)c1. The van der Waals surface area contributed by atoms with Gasteiger partial charge >= 0.3 is 0 Å². The lowest BCUT2D eigenvalue weighted by Crippen LogP contribution is -2.54. The second-order valence-corrected chi connectivity index (χ2v) is 7.14. The van der Waals surface area contributed by atoms with Crippen molar-refractivity contribution in [1.29, 1.82) is 0 Å². The number of carbonyl (C=O) groups is 2. The number of fused-ring (bicyclic) bond motifs is 1. The topological polar surface area (TPSA) is 71.1 Å². The molecule has 2 aliphatic rings. The highest BCUT2D eigenvalue weighted by atomic mass is 19.2. The van der Waals surface area contributed by atoms with Gasteiger partial charge in [-0.3, -0.25) is 14.5 Å². The number of rotatable bonds is 4. The lowest BCUT2D eigenvalue weighted by Gasteiger charge is -2.36. The van der Waals surface area contributed by atoms with E-state index < -0.39 is 17.7 Å². The van der Waals surface area contributed by atoms with Gasteiger partial charge < -0.3 is 19.7 Å². The van der Waals surface area contributed by atoms with Crippen LogP contribution in [0.4, 0.5) is 14.5 Å². The third-order valence-corrected chi connectivity index (χ3v) is 5.04. The van der Waals surface area contributed by atoms with Crippen molar-refractivity contribution in [3.05, 3.63) is 54.1 Å². The van der Waals surface area contributed by atoms with Gasteiger partial charge in [-0.1, -0.05) is 12.1 Å². The summed E-state index contributed by atoms with van der Waals surface area (Å²) in [6.07, 6.45) is -0.692. The van der Waals surface area contributed by atoms with Crippen LogP contribution < -0.4 is 14.8 Å². The van der Waals surface area contributed by atoms with Gasteiger partial charge in [-0.15, -0.1) is 0 Å². The quantitative estimate of drug-likeness (QED) is 0.823. The number of para-hydroxylation sites is 2. The monoisotopic (exact) mass is 417 g/mol. The van der Waals surface area contributed by atoms with Crippen LogP contribution in [-0.4, -0.2) is 67.0 Å². The predicted octanol–water partition coefficient (Wildman–Crippen LogP) is 1.89. The predicted molar refractivity (Wildman–Crippen MR) is 104 cm³/mol. The second kappa shape index (κ2) is 8.66. The average Bonchev–Trinajstić information content (AvgIpc) is 2.76. The molecule has 0 unspecified atom stereocenters. The fourth-order valence-electron chi connectivity index (χ4n) is 3.45. The minimum absolute atomic E-state index is 0.0947. The molecule has 0 radical (unpaired) electrons. The van der Waals surface area contributed by atoms with E-state index in [9.17, 15) is 18.4 Å². The van der Waals surface area contributed by atoms with Crippen molar-refractivity contribution in [1.82, 2.24) is 9.80 Å². The summed E-state index contributed by atoms with van der Waals surface area (Å²) in [5, 5.41) is 2.55. The van der Waals surface area contributed by atoms with Crippen LogP contribution in [0.25, 0.3) is 0 Å². The highest BCUT2D eigenvalue weighted by Gasteiger charge is 2.32. The van der Waals surface area contributed by atoms with Crippen molar-refractivity contribution < 1.29 is 27.8 Å². The maximum atomic E-state index is 13.2. The summed E-state index contributed by atoms with van der Waals surface area (Å²) in [4.78, 5) is 28.5. The molecule has 4 rings (SSSR count). The molecular weight excluding hydrogens is 396 g/mol. The Morgan fingerprint density at radius 1 is 1.00 bits per heavy atom. The molecule has 158 valence electrons. The molecule has 1 atom stereocenters. The maximum absolute atomic E-state index is 13.2. The van der Waals surface area contributed by atoms with E-state index in [1.807, 2.05) is 17.0 Å². The summed E-state index contributed by atoms with van der Waals surface area (Å²) in [7, 11) is 0. The normalized spacial score (nSPS) is 18.7. The van der Waals surface area contributed by atoms with Gasteiger partial charge in [-0.25, -0.2) is 8.78 Å². The van der Waals surface area contributed by atoms with Crippen LogP contribution in [0, 0.1) is 11.6 Å². The van der Waals surface area contributed by atoms with Crippen molar-refractivity contribution in [3.8, 4) is 11.5 Å². The third-order valence-electron chi connectivity index (χ3n) is 5.04. The summed E-state index contributed by atoms with van der Waals surface area (Å²) in [5.74, 6) is -1.29. The Labute approximate surface area is 172 Å². The fraction of sp³-hybridized carbons (Fsp3) is 0.333. The molecule has 0 saturated carbocycles. The van der Waals surface area contributed by atoms with Gasteiger partial charge in [0.2, 0.25) is 12.0 Å². The van der Waals surface area contributed by atoms with Gasteiger partial charge in [0.05, 0.1) is 6.54 Å². The molecule has 9 heteroatoms. The molecule has 2 aliphatic heterocycles. The van der Waals surface area contributed by atoms with Crippen molar-refractivity contribution in [2.24, 2.45) is 0 Å². The molecule has 2 heterocycles. The van der Waals surface area contributed by atoms with Crippen LogP contribution in [0.3, 0.4) is 0 Å². The number of ether oxygens (including phenoxy) is 2. The van der Waals surface area contributed by atoms with E-state index in [4.69, 9.17) is 9.47 Å². The van der Waals surface area contributed by atoms with Crippen LogP contribution in [0.2, 0.25) is 0 Å². The summed E-state index contributed by atoms with van der Waals surface area (Å²) in [5.41, 5.74) is 0.197. The largest absolute Gasteiger partial charge is 0.485 e. The smallest absolute Gasteiger partial charge is 0.267 e. The van der Waals surface area contributed by atoms with Crippen molar-refractivity contribution in [3.63, 3.8) is 0 Å². The lowest BCUT2D eigenvalue weighted by molar-refractivity contribution is -0.143. The average molecular weight is 417 g/mol.